The SMILES string of the molecule is O=C1CCC(N2C(=O)c3cccc(CNC4CCCNCCC4)c3C2=O)C(=O)N1. The van der Waals surface area contributed by atoms with Gasteiger partial charge in [-0.05, 0) is 56.8 Å². The summed E-state index contributed by atoms with van der Waals surface area (Å²) in [5.74, 6) is -1.86. The first-order valence-corrected chi connectivity index (χ1v) is 10.3. The minimum Gasteiger partial charge on any atom is -0.317 e. The number of piperidine rings is 1. The minimum absolute atomic E-state index is 0.120. The summed E-state index contributed by atoms with van der Waals surface area (Å²) in [4.78, 5) is 50.7. The summed E-state index contributed by atoms with van der Waals surface area (Å²) in [5, 5.41) is 9.17. The highest BCUT2D eigenvalue weighted by Gasteiger charge is 2.45. The number of carbonyl (C=O) groups is 4. The molecule has 8 nitrogen and oxygen atoms in total. The summed E-state index contributed by atoms with van der Waals surface area (Å²) in [7, 11) is 0. The van der Waals surface area contributed by atoms with E-state index < -0.39 is 23.8 Å². The number of nitrogens with zero attached hydrogens (tertiary/aromatic N) is 1. The van der Waals surface area contributed by atoms with Crippen molar-refractivity contribution in [1.82, 2.24) is 20.9 Å². The predicted octanol–water partition coefficient (Wildman–Crippen LogP) is 0.710. The molecule has 0 spiro atoms. The summed E-state index contributed by atoms with van der Waals surface area (Å²) >= 11 is 0. The number of hydrogen-bond acceptors (Lipinski definition) is 6. The zero-order chi connectivity index (χ0) is 20.4. The van der Waals surface area contributed by atoms with Crippen molar-refractivity contribution in [3.63, 3.8) is 0 Å². The Hall–Kier alpha value is -2.58. The van der Waals surface area contributed by atoms with Crippen molar-refractivity contribution in [2.45, 2.75) is 57.2 Å². The van der Waals surface area contributed by atoms with Crippen molar-refractivity contribution in [3.05, 3.63) is 34.9 Å². The second-order valence-corrected chi connectivity index (χ2v) is 7.90. The molecule has 29 heavy (non-hydrogen) atoms. The Morgan fingerprint density at radius 3 is 2.48 bits per heavy atom. The Morgan fingerprint density at radius 2 is 1.76 bits per heavy atom. The van der Waals surface area contributed by atoms with Crippen molar-refractivity contribution >= 4 is 23.6 Å². The molecule has 2 fully saturated rings. The van der Waals surface area contributed by atoms with Gasteiger partial charge >= 0.3 is 0 Å². The summed E-state index contributed by atoms with van der Waals surface area (Å²) in [6.45, 7) is 2.54. The van der Waals surface area contributed by atoms with E-state index in [1.54, 1.807) is 12.1 Å². The maximum absolute atomic E-state index is 13.1. The van der Waals surface area contributed by atoms with E-state index >= 15 is 0 Å². The van der Waals surface area contributed by atoms with Crippen molar-refractivity contribution in [3.8, 4) is 0 Å². The molecule has 1 aromatic rings. The molecule has 0 bridgehead atoms. The van der Waals surface area contributed by atoms with E-state index in [1.165, 1.54) is 0 Å². The Labute approximate surface area is 169 Å². The second kappa shape index (κ2) is 8.42. The van der Waals surface area contributed by atoms with Gasteiger partial charge in [0.15, 0.2) is 0 Å². The van der Waals surface area contributed by atoms with E-state index in [0.29, 0.717) is 23.7 Å². The van der Waals surface area contributed by atoms with Crippen LogP contribution in [0.4, 0.5) is 0 Å². The molecule has 0 aliphatic carbocycles. The topological polar surface area (TPSA) is 108 Å². The van der Waals surface area contributed by atoms with Gasteiger partial charge in [0.1, 0.15) is 6.04 Å². The third kappa shape index (κ3) is 3.95. The van der Waals surface area contributed by atoms with Crippen molar-refractivity contribution in [1.29, 1.82) is 0 Å². The molecule has 4 amide bonds. The van der Waals surface area contributed by atoms with Crippen molar-refractivity contribution in [2.24, 2.45) is 0 Å². The molecule has 1 aromatic carbocycles. The lowest BCUT2D eigenvalue weighted by atomic mass is 10.0. The Balaban J connectivity index is 1.51. The molecule has 1 unspecified atom stereocenters. The number of imide groups is 2. The van der Waals surface area contributed by atoms with E-state index in [0.717, 1.165) is 49.2 Å². The molecule has 3 N–H and O–H groups in total. The normalized spacial score (nSPS) is 23.6. The molecular weight excluding hydrogens is 372 g/mol. The summed E-state index contributed by atoms with van der Waals surface area (Å²) in [6.07, 6.45) is 4.62. The lowest BCUT2D eigenvalue weighted by Gasteiger charge is -2.28. The highest BCUT2D eigenvalue weighted by atomic mass is 16.2. The molecule has 4 rings (SSSR count). The van der Waals surface area contributed by atoms with E-state index in [1.807, 2.05) is 6.07 Å². The number of rotatable bonds is 4. The molecule has 0 radical (unpaired) electrons. The number of carbonyl (C=O) groups excluding carboxylic acids is 4. The molecule has 3 aliphatic rings. The quantitative estimate of drug-likeness (QED) is 0.645. The third-order valence-electron chi connectivity index (χ3n) is 5.95. The molecule has 0 aromatic heterocycles. The average molecular weight is 398 g/mol. The molecule has 0 saturated carbocycles. The van der Waals surface area contributed by atoms with Gasteiger partial charge in [0.2, 0.25) is 11.8 Å². The number of benzene rings is 1. The van der Waals surface area contributed by atoms with Crippen LogP contribution in [0.25, 0.3) is 0 Å². The van der Waals surface area contributed by atoms with Crippen LogP contribution >= 0.6 is 0 Å². The van der Waals surface area contributed by atoms with Crippen LogP contribution in [0.3, 0.4) is 0 Å². The third-order valence-corrected chi connectivity index (χ3v) is 5.95. The van der Waals surface area contributed by atoms with Crippen LogP contribution in [-0.2, 0) is 16.1 Å². The molecule has 2 saturated heterocycles. The molecule has 154 valence electrons. The van der Waals surface area contributed by atoms with Gasteiger partial charge in [-0.2, -0.15) is 0 Å². The molecular formula is C21H26N4O4. The second-order valence-electron chi connectivity index (χ2n) is 7.90. The number of hydrogen-bond donors (Lipinski definition) is 3. The summed E-state index contributed by atoms with van der Waals surface area (Å²) in [5.41, 5.74) is 1.49. The smallest absolute Gasteiger partial charge is 0.262 e. The summed E-state index contributed by atoms with van der Waals surface area (Å²) < 4.78 is 0. The Kier molecular flexibility index (Phi) is 5.73. The Bertz CT molecular complexity index is 845. The Morgan fingerprint density at radius 1 is 1.00 bits per heavy atom. The molecule has 8 heteroatoms. The van der Waals surface area contributed by atoms with E-state index in [9.17, 15) is 19.2 Å². The first kappa shape index (κ1) is 19.7. The fraction of sp³-hybridized carbons (Fsp3) is 0.524. The van der Waals surface area contributed by atoms with Crippen LogP contribution in [0.15, 0.2) is 18.2 Å². The van der Waals surface area contributed by atoms with E-state index in [4.69, 9.17) is 0 Å². The maximum Gasteiger partial charge on any atom is 0.262 e. The first-order valence-electron chi connectivity index (χ1n) is 10.3. The van der Waals surface area contributed by atoms with E-state index in [2.05, 4.69) is 16.0 Å². The number of fused-ring (bicyclic) bond motifs is 1. The van der Waals surface area contributed by atoms with Gasteiger partial charge < -0.3 is 10.6 Å². The van der Waals surface area contributed by atoms with Gasteiger partial charge in [-0.1, -0.05) is 12.1 Å². The lowest BCUT2D eigenvalue weighted by Crippen LogP contribution is -2.54. The number of nitrogens with one attached hydrogen (secondary N) is 3. The van der Waals surface area contributed by atoms with Crippen molar-refractivity contribution in [2.75, 3.05) is 13.1 Å². The van der Waals surface area contributed by atoms with Gasteiger partial charge in [-0.25, -0.2) is 0 Å². The van der Waals surface area contributed by atoms with Crippen LogP contribution in [0.1, 0.15) is 64.8 Å². The zero-order valence-electron chi connectivity index (χ0n) is 16.3. The van der Waals surface area contributed by atoms with Crippen LogP contribution in [0.2, 0.25) is 0 Å². The zero-order valence-corrected chi connectivity index (χ0v) is 16.3. The van der Waals surface area contributed by atoms with Gasteiger partial charge in [0.25, 0.3) is 11.8 Å². The summed E-state index contributed by atoms with van der Waals surface area (Å²) in [6, 6.07) is 4.71. The highest BCUT2D eigenvalue weighted by molar-refractivity contribution is 6.24. The molecule has 1 atom stereocenters. The highest BCUT2D eigenvalue weighted by Crippen LogP contribution is 2.30. The fourth-order valence-corrected chi connectivity index (χ4v) is 4.41. The predicted molar refractivity (Wildman–Crippen MR) is 105 cm³/mol. The standard InChI is InChI=1S/C21H26N4O4/c26-17-9-8-16(19(27)24-17)25-20(28)15-7-1-4-13(18(15)21(25)29)12-23-14-5-2-10-22-11-3-6-14/h1,4,7,14,16,22-23H,2-3,5-6,8-12H2,(H,24,26,27). The van der Waals surface area contributed by atoms with Crippen LogP contribution in [-0.4, -0.2) is 53.7 Å². The van der Waals surface area contributed by atoms with Gasteiger partial charge in [-0.3, -0.25) is 29.4 Å². The molecule has 3 heterocycles. The average Bonchev–Trinajstić information content (AvgIpc) is 2.93. The lowest BCUT2D eigenvalue weighted by molar-refractivity contribution is -0.136. The van der Waals surface area contributed by atoms with Crippen LogP contribution in [0, 0.1) is 0 Å². The van der Waals surface area contributed by atoms with Crippen LogP contribution in [0.5, 0.6) is 0 Å². The van der Waals surface area contributed by atoms with Crippen LogP contribution < -0.4 is 16.0 Å². The first-order chi connectivity index (χ1) is 14.1. The van der Waals surface area contributed by atoms with Gasteiger partial charge in [0.05, 0.1) is 11.1 Å². The molecule has 3 aliphatic heterocycles. The minimum atomic E-state index is -0.931. The fourth-order valence-electron chi connectivity index (χ4n) is 4.41. The van der Waals surface area contributed by atoms with Gasteiger partial charge in [-0.15, -0.1) is 0 Å². The maximum atomic E-state index is 13.1. The monoisotopic (exact) mass is 398 g/mol. The van der Waals surface area contributed by atoms with E-state index in [-0.39, 0.29) is 18.7 Å². The van der Waals surface area contributed by atoms with Crippen molar-refractivity contribution < 1.29 is 19.2 Å². The van der Waals surface area contributed by atoms with Gasteiger partial charge in [0, 0.05) is 19.0 Å². The largest absolute Gasteiger partial charge is 0.317 e. The number of amides is 4.